The first kappa shape index (κ1) is 56.6. The minimum Gasteiger partial charge on any atom is -0.494 e. The highest BCUT2D eigenvalue weighted by Gasteiger charge is 2.37. The minimum atomic E-state index is -1.73. The fraction of sp³-hybridized carbons (Fsp3) is 0.480. The number of hydrogen-bond acceptors (Lipinski definition) is 13. The van der Waals surface area contributed by atoms with Gasteiger partial charge in [-0.05, 0) is 79.9 Å². The number of carbonyl (C=O) groups is 8. The van der Waals surface area contributed by atoms with Crippen LogP contribution in [0.5, 0.6) is 5.75 Å². The van der Waals surface area contributed by atoms with Crippen molar-refractivity contribution in [2.24, 2.45) is 5.92 Å². The third kappa shape index (κ3) is 18.4. The average molecular weight is 1010 g/mol. The third-order valence-electron chi connectivity index (χ3n) is 11.6. The van der Waals surface area contributed by atoms with Crippen molar-refractivity contribution in [1.29, 1.82) is 0 Å². The molecule has 0 radical (unpaired) electrons. The number of aliphatic hydroxyl groups is 2. The van der Waals surface area contributed by atoms with Gasteiger partial charge < -0.3 is 52.2 Å². The van der Waals surface area contributed by atoms with Crippen molar-refractivity contribution in [3.63, 3.8) is 0 Å². The van der Waals surface area contributed by atoms with E-state index in [1.54, 1.807) is 37.3 Å². The molecular formula is C50H67N7O11S2. The SMILES string of the molecule is CC[C@H](C)[C@@H]1NC(=O)[C@H](Cc2ccccc2)NC(=O)[C@H](C)NC(=O)[C@@H](NC(=O)[C@@H](NC(=O)[C@H](CO)NC(=O)CCCOc2ccc(Cc3ccccc3)cc2)[C@@H](C)O)CSC(=O)C(CCSC)NC1=O. The lowest BCUT2D eigenvalue weighted by Gasteiger charge is -2.30. The molecule has 1 saturated heterocycles. The van der Waals surface area contributed by atoms with Gasteiger partial charge in [0.2, 0.25) is 46.5 Å². The summed E-state index contributed by atoms with van der Waals surface area (Å²) in [6, 6.07) is 17.0. The topological polar surface area (TPSA) is 270 Å². The van der Waals surface area contributed by atoms with Crippen LogP contribution in [-0.4, -0.2) is 136 Å². The van der Waals surface area contributed by atoms with Gasteiger partial charge in [-0.25, -0.2) is 0 Å². The second-order valence-corrected chi connectivity index (χ2v) is 19.2. The highest BCUT2D eigenvalue weighted by molar-refractivity contribution is 8.13. The third-order valence-corrected chi connectivity index (χ3v) is 13.3. The molecule has 0 aliphatic carbocycles. The minimum absolute atomic E-state index is 0.0339. The van der Waals surface area contributed by atoms with Crippen LogP contribution in [0.2, 0.25) is 0 Å². The molecule has 0 bridgehead atoms. The molecule has 7 amide bonds. The molecule has 9 atom stereocenters. The van der Waals surface area contributed by atoms with Crippen LogP contribution >= 0.6 is 23.5 Å². The van der Waals surface area contributed by atoms with Crippen LogP contribution in [0.4, 0.5) is 0 Å². The van der Waals surface area contributed by atoms with Gasteiger partial charge in [0.1, 0.15) is 42.0 Å². The number of benzene rings is 3. The number of carbonyl (C=O) groups excluding carboxylic acids is 8. The molecule has 0 spiro atoms. The maximum atomic E-state index is 13.9. The van der Waals surface area contributed by atoms with Gasteiger partial charge in [-0.15, -0.1) is 0 Å². The molecule has 0 saturated carbocycles. The zero-order valence-electron chi connectivity index (χ0n) is 40.2. The van der Waals surface area contributed by atoms with Crippen LogP contribution in [0.25, 0.3) is 0 Å². The summed E-state index contributed by atoms with van der Waals surface area (Å²) in [4.78, 5) is 109. The van der Waals surface area contributed by atoms with E-state index in [4.69, 9.17) is 4.74 Å². The molecule has 4 rings (SSSR count). The first-order valence-electron chi connectivity index (χ1n) is 23.4. The van der Waals surface area contributed by atoms with Gasteiger partial charge in [0.05, 0.1) is 25.4 Å². The Hall–Kier alpha value is -5.96. The summed E-state index contributed by atoms with van der Waals surface area (Å²) < 4.78 is 5.78. The lowest BCUT2D eigenvalue weighted by atomic mass is 9.96. The Morgan fingerprint density at radius 1 is 0.786 bits per heavy atom. The quantitative estimate of drug-likeness (QED) is 0.0687. The fourth-order valence-corrected chi connectivity index (χ4v) is 8.64. The average Bonchev–Trinajstić information content (AvgIpc) is 3.35. The molecule has 1 fully saturated rings. The van der Waals surface area contributed by atoms with Crippen molar-refractivity contribution in [2.45, 2.75) is 115 Å². The zero-order chi connectivity index (χ0) is 51.2. The summed E-state index contributed by atoms with van der Waals surface area (Å²) in [7, 11) is 0. The van der Waals surface area contributed by atoms with Crippen molar-refractivity contribution >= 4 is 70.0 Å². The summed E-state index contributed by atoms with van der Waals surface area (Å²) in [6.45, 7) is 5.52. The summed E-state index contributed by atoms with van der Waals surface area (Å²) in [5.74, 6) is -5.35. The summed E-state index contributed by atoms with van der Waals surface area (Å²) in [5.41, 5.74) is 2.98. The smallest absolute Gasteiger partial charge is 0.245 e. The molecule has 1 heterocycles. The molecule has 9 N–H and O–H groups in total. The van der Waals surface area contributed by atoms with E-state index >= 15 is 0 Å². The molecule has 380 valence electrons. The van der Waals surface area contributed by atoms with E-state index in [2.05, 4.69) is 37.2 Å². The molecule has 1 aliphatic rings. The van der Waals surface area contributed by atoms with Gasteiger partial charge in [0, 0.05) is 18.6 Å². The predicted molar refractivity (Wildman–Crippen MR) is 268 cm³/mol. The summed E-state index contributed by atoms with van der Waals surface area (Å²) >= 11 is 2.07. The number of hydrogen-bond donors (Lipinski definition) is 9. The molecular weight excluding hydrogens is 939 g/mol. The normalized spacial score (nSPS) is 21.1. The number of nitrogens with one attached hydrogen (secondary N) is 7. The Morgan fingerprint density at radius 2 is 1.41 bits per heavy atom. The van der Waals surface area contributed by atoms with Crippen LogP contribution in [-0.2, 0) is 51.2 Å². The number of rotatable bonds is 21. The van der Waals surface area contributed by atoms with E-state index in [9.17, 15) is 48.6 Å². The fourth-order valence-electron chi connectivity index (χ4n) is 7.23. The Labute approximate surface area is 417 Å². The van der Waals surface area contributed by atoms with Crippen molar-refractivity contribution in [3.05, 3.63) is 102 Å². The highest BCUT2D eigenvalue weighted by atomic mass is 32.2. The van der Waals surface area contributed by atoms with E-state index in [0.29, 0.717) is 35.2 Å². The molecule has 1 aliphatic heterocycles. The number of amides is 7. The van der Waals surface area contributed by atoms with Crippen LogP contribution in [0.3, 0.4) is 0 Å². The molecule has 1 unspecified atom stereocenters. The zero-order valence-corrected chi connectivity index (χ0v) is 41.9. The van der Waals surface area contributed by atoms with Crippen molar-refractivity contribution in [3.8, 4) is 5.75 Å². The molecule has 18 nitrogen and oxygen atoms in total. The van der Waals surface area contributed by atoms with Crippen molar-refractivity contribution < 1.29 is 53.3 Å². The number of ether oxygens (including phenoxy) is 1. The van der Waals surface area contributed by atoms with Gasteiger partial charge in [0.15, 0.2) is 0 Å². The Kier molecular flexibility index (Phi) is 23.7. The van der Waals surface area contributed by atoms with Gasteiger partial charge in [-0.2, -0.15) is 11.8 Å². The lowest BCUT2D eigenvalue weighted by molar-refractivity contribution is -0.136. The van der Waals surface area contributed by atoms with Crippen LogP contribution in [0, 0.1) is 5.92 Å². The molecule has 70 heavy (non-hydrogen) atoms. The van der Waals surface area contributed by atoms with Gasteiger partial charge in [-0.1, -0.05) is 105 Å². The molecule has 20 heteroatoms. The second kappa shape index (κ2) is 29.3. The van der Waals surface area contributed by atoms with Crippen molar-refractivity contribution in [2.75, 3.05) is 31.0 Å². The Bertz CT molecular complexity index is 2210. The van der Waals surface area contributed by atoms with Gasteiger partial charge in [-0.3, -0.25) is 38.4 Å². The van der Waals surface area contributed by atoms with Crippen LogP contribution < -0.4 is 42.0 Å². The van der Waals surface area contributed by atoms with Crippen LogP contribution in [0.1, 0.15) is 70.1 Å². The summed E-state index contributed by atoms with van der Waals surface area (Å²) in [6.07, 6.45) is 1.95. The molecule has 3 aromatic rings. The molecule has 0 aromatic heterocycles. The maximum Gasteiger partial charge on any atom is 0.245 e. The predicted octanol–water partition coefficient (Wildman–Crippen LogP) is 1.54. The van der Waals surface area contributed by atoms with Crippen LogP contribution in [0.15, 0.2) is 84.9 Å². The number of aliphatic hydroxyl groups excluding tert-OH is 2. The molecule has 3 aromatic carbocycles. The largest absolute Gasteiger partial charge is 0.494 e. The number of thioether (sulfide) groups is 2. The van der Waals surface area contributed by atoms with E-state index < -0.39 is 107 Å². The van der Waals surface area contributed by atoms with Crippen molar-refractivity contribution in [1.82, 2.24) is 37.2 Å². The standard InChI is InChI=1S/C50H67N7O11S2/c1-6-30(2)42-48(65)53-37(23-25-69-5)50(67)70-29-40(47(64)51-31(3)44(61)54-38(45(62)56-42)27-34-16-11-8-12-17-34)55-49(66)43(32(4)59)57-46(63)39(28-58)52-41(60)18-13-24-68-36-21-19-35(20-22-36)26-33-14-9-7-10-15-33/h7-12,14-17,19-22,30-32,37-40,42-43,58-59H,6,13,18,23-29H2,1-5H3,(H,51,64)(H,52,60)(H,53,65)(H,54,61)(H,55,66)(H,56,62)(H,57,63)/t30-,31-,32+,37?,38-,39-,40-,42-,43-/m0/s1. The van der Waals surface area contributed by atoms with E-state index in [0.717, 1.165) is 12.0 Å². The Morgan fingerprint density at radius 3 is 2.03 bits per heavy atom. The first-order valence-corrected chi connectivity index (χ1v) is 25.8. The first-order chi connectivity index (χ1) is 33.5. The highest BCUT2D eigenvalue weighted by Crippen LogP contribution is 2.18. The second-order valence-electron chi connectivity index (χ2n) is 17.2. The lowest BCUT2D eigenvalue weighted by Crippen LogP contribution is -2.62. The van der Waals surface area contributed by atoms with E-state index in [-0.39, 0.29) is 38.2 Å². The Balaban J connectivity index is 1.45. The van der Waals surface area contributed by atoms with Gasteiger partial charge >= 0.3 is 0 Å². The maximum absolute atomic E-state index is 13.9. The van der Waals surface area contributed by atoms with E-state index in [1.165, 1.54) is 31.2 Å². The van der Waals surface area contributed by atoms with Gasteiger partial charge in [0.25, 0.3) is 0 Å². The monoisotopic (exact) mass is 1010 g/mol. The summed E-state index contributed by atoms with van der Waals surface area (Å²) in [5, 5.41) is 38.2. The van der Waals surface area contributed by atoms with E-state index in [1.807, 2.05) is 67.8 Å².